The van der Waals surface area contributed by atoms with Crippen LogP contribution in [0.2, 0.25) is 0 Å². The van der Waals surface area contributed by atoms with Crippen molar-refractivity contribution in [3.05, 3.63) is 17.5 Å². The lowest BCUT2D eigenvalue weighted by atomic mass is 10.2. The summed E-state index contributed by atoms with van der Waals surface area (Å²) in [7, 11) is 0. The smallest absolute Gasteiger partial charge is 0.506 e. The number of pyridine rings is 1. The molecule has 0 aromatic carbocycles. The summed E-state index contributed by atoms with van der Waals surface area (Å²) < 4.78 is 39.9. The Morgan fingerprint density at radius 1 is 1.56 bits per heavy atom. The minimum absolute atomic E-state index is 0.0995. The van der Waals surface area contributed by atoms with Gasteiger partial charge in [0.1, 0.15) is 5.75 Å². The predicted octanol–water partition coefficient (Wildman–Crippen LogP) is 2.06. The zero-order chi connectivity index (χ0) is 12.3. The highest BCUT2D eigenvalue weighted by molar-refractivity contribution is 5.45. The lowest BCUT2D eigenvalue weighted by Gasteiger charge is -2.14. The Labute approximate surface area is 88.9 Å². The first-order chi connectivity index (χ1) is 7.35. The third kappa shape index (κ3) is 2.76. The van der Waals surface area contributed by atoms with Crippen molar-refractivity contribution < 1.29 is 23.0 Å². The summed E-state index contributed by atoms with van der Waals surface area (Å²) in [6.45, 7) is 1.25. The number of hydrogen-bond acceptors (Lipinski definition) is 4. The van der Waals surface area contributed by atoms with E-state index >= 15 is 0 Å². The monoisotopic (exact) mass is 232 g/mol. The molecule has 0 radical (unpaired) electrons. The van der Waals surface area contributed by atoms with Crippen molar-refractivity contribution in [2.24, 2.45) is 0 Å². The second kappa shape index (κ2) is 4.26. The van der Waals surface area contributed by atoms with Gasteiger partial charge in [0.2, 0.25) is 0 Å². The summed E-state index contributed by atoms with van der Waals surface area (Å²) in [6, 6.07) is 1.67. The van der Waals surface area contributed by atoms with Gasteiger partial charge in [0.15, 0.2) is 5.75 Å². The van der Waals surface area contributed by atoms with Crippen LogP contribution in [0.25, 0.3) is 0 Å². The van der Waals surface area contributed by atoms with Crippen LogP contribution in [-0.4, -0.2) is 16.5 Å². The van der Waals surface area contributed by atoms with E-state index in [-0.39, 0.29) is 17.7 Å². The van der Waals surface area contributed by atoms with Gasteiger partial charge < -0.3 is 9.84 Å². The third-order valence-corrected chi connectivity index (χ3v) is 1.79. The molecular formula is C9H7F3N2O2. The molecule has 0 aliphatic rings. The van der Waals surface area contributed by atoms with Crippen LogP contribution in [0.3, 0.4) is 0 Å². The van der Waals surface area contributed by atoms with Gasteiger partial charge in [-0.3, -0.25) is 4.98 Å². The minimum Gasteiger partial charge on any atom is -0.506 e. The Kier molecular flexibility index (Phi) is 3.22. The van der Waals surface area contributed by atoms with Crippen molar-refractivity contribution in [1.29, 1.82) is 5.26 Å². The number of aromatic hydroxyl groups is 1. The molecule has 1 rings (SSSR count). The number of alkyl halides is 3. The average Bonchev–Trinajstić information content (AvgIpc) is 2.16. The quantitative estimate of drug-likeness (QED) is 0.847. The van der Waals surface area contributed by atoms with Gasteiger partial charge in [-0.2, -0.15) is 5.26 Å². The van der Waals surface area contributed by atoms with Crippen LogP contribution in [0, 0.1) is 18.3 Å². The molecular weight excluding hydrogens is 225 g/mol. The Hall–Kier alpha value is -1.97. The van der Waals surface area contributed by atoms with Crippen molar-refractivity contribution in [3.63, 3.8) is 0 Å². The second-order valence-corrected chi connectivity index (χ2v) is 2.93. The van der Waals surface area contributed by atoms with E-state index in [2.05, 4.69) is 9.72 Å². The molecule has 7 heteroatoms. The second-order valence-electron chi connectivity index (χ2n) is 2.93. The van der Waals surface area contributed by atoms with E-state index in [1.165, 1.54) is 6.92 Å². The van der Waals surface area contributed by atoms with Crippen molar-refractivity contribution in [2.45, 2.75) is 19.7 Å². The number of nitriles is 1. The van der Waals surface area contributed by atoms with E-state index in [1.54, 1.807) is 6.07 Å². The van der Waals surface area contributed by atoms with Crippen molar-refractivity contribution in [2.75, 3.05) is 0 Å². The number of ether oxygens (including phenoxy) is 1. The summed E-state index contributed by atoms with van der Waals surface area (Å²) in [5.74, 6) is -1.03. The molecule has 0 spiro atoms. The lowest BCUT2D eigenvalue weighted by Crippen LogP contribution is -2.19. The SMILES string of the molecule is Cc1c(O)cnc(CC#N)c1OC(F)(F)F. The minimum atomic E-state index is -4.88. The fourth-order valence-corrected chi connectivity index (χ4v) is 1.08. The van der Waals surface area contributed by atoms with Gasteiger partial charge in [0.05, 0.1) is 24.4 Å². The molecule has 1 aromatic heterocycles. The first-order valence-corrected chi connectivity index (χ1v) is 4.15. The molecule has 0 fully saturated rings. The molecule has 4 nitrogen and oxygen atoms in total. The summed E-state index contributed by atoms with van der Waals surface area (Å²) in [5, 5.41) is 17.6. The van der Waals surface area contributed by atoms with Gasteiger partial charge in [-0.1, -0.05) is 0 Å². The fourth-order valence-electron chi connectivity index (χ4n) is 1.08. The highest BCUT2D eigenvalue weighted by atomic mass is 19.4. The first-order valence-electron chi connectivity index (χ1n) is 4.15. The fraction of sp³-hybridized carbons (Fsp3) is 0.333. The van der Waals surface area contributed by atoms with Crippen LogP contribution in [0.4, 0.5) is 13.2 Å². The van der Waals surface area contributed by atoms with Gasteiger partial charge in [-0.25, -0.2) is 0 Å². The average molecular weight is 232 g/mol. The van der Waals surface area contributed by atoms with E-state index in [1.807, 2.05) is 0 Å². The zero-order valence-electron chi connectivity index (χ0n) is 8.17. The van der Waals surface area contributed by atoms with Gasteiger partial charge in [0.25, 0.3) is 0 Å². The summed E-state index contributed by atoms with van der Waals surface area (Å²) >= 11 is 0. The van der Waals surface area contributed by atoms with Crippen LogP contribution < -0.4 is 4.74 Å². The Morgan fingerprint density at radius 3 is 2.69 bits per heavy atom. The number of aromatic nitrogens is 1. The summed E-state index contributed by atoms with van der Waals surface area (Å²) in [5.41, 5.74) is -0.257. The molecule has 16 heavy (non-hydrogen) atoms. The zero-order valence-corrected chi connectivity index (χ0v) is 8.17. The van der Waals surface area contributed by atoms with E-state index in [4.69, 9.17) is 5.26 Å². The van der Waals surface area contributed by atoms with Crippen molar-refractivity contribution in [3.8, 4) is 17.6 Å². The predicted molar refractivity (Wildman–Crippen MR) is 46.6 cm³/mol. The molecule has 0 saturated carbocycles. The van der Waals surface area contributed by atoms with Gasteiger partial charge >= 0.3 is 6.36 Å². The van der Waals surface area contributed by atoms with Gasteiger partial charge in [0, 0.05) is 5.56 Å². The molecule has 86 valence electrons. The maximum atomic E-state index is 12.1. The molecule has 1 N–H and O–H groups in total. The van der Waals surface area contributed by atoms with Gasteiger partial charge in [-0.05, 0) is 6.92 Å². The largest absolute Gasteiger partial charge is 0.573 e. The molecule has 0 bridgehead atoms. The molecule has 0 aliphatic carbocycles. The van der Waals surface area contributed by atoms with E-state index in [9.17, 15) is 18.3 Å². The molecule has 0 atom stereocenters. The van der Waals surface area contributed by atoms with Crippen LogP contribution in [0.1, 0.15) is 11.3 Å². The van der Waals surface area contributed by atoms with Crippen LogP contribution in [0.5, 0.6) is 11.5 Å². The summed E-state index contributed by atoms with van der Waals surface area (Å²) in [4.78, 5) is 3.52. The highest BCUT2D eigenvalue weighted by Crippen LogP contribution is 2.33. The number of hydrogen-bond donors (Lipinski definition) is 1. The molecule has 0 unspecified atom stereocenters. The normalized spacial score (nSPS) is 10.9. The first kappa shape index (κ1) is 12.1. The molecule has 0 saturated heterocycles. The Bertz CT molecular complexity index is 438. The topological polar surface area (TPSA) is 66.1 Å². The number of nitrogens with zero attached hydrogens (tertiary/aromatic N) is 2. The summed E-state index contributed by atoms with van der Waals surface area (Å²) in [6.07, 6.45) is -4.23. The maximum absolute atomic E-state index is 12.1. The molecule has 1 heterocycles. The van der Waals surface area contributed by atoms with E-state index in [0.717, 1.165) is 6.20 Å². The maximum Gasteiger partial charge on any atom is 0.573 e. The highest BCUT2D eigenvalue weighted by Gasteiger charge is 2.33. The van der Waals surface area contributed by atoms with Gasteiger partial charge in [-0.15, -0.1) is 13.2 Å². The van der Waals surface area contributed by atoms with Crippen molar-refractivity contribution >= 4 is 0 Å². The van der Waals surface area contributed by atoms with Crippen LogP contribution in [-0.2, 0) is 6.42 Å². The van der Waals surface area contributed by atoms with Crippen LogP contribution >= 0.6 is 0 Å². The van der Waals surface area contributed by atoms with E-state index < -0.39 is 17.9 Å². The third-order valence-electron chi connectivity index (χ3n) is 1.79. The van der Waals surface area contributed by atoms with Crippen LogP contribution in [0.15, 0.2) is 6.20 Å². The standard InChI is InChI=1S/C9H7F3N2O2/c1-5-7(15)4-14-6(2-3-13)8(5)16-9(10,11)12/h4,15H,2H2,1H3. The Morgan fingerprint density at radius 2 is 2.19 bits per heavy atom. The Balaban J connectivity index is 3.22. The molecule has 1 aromatic rings. The molecule has 0 amide bonds. The van der Waals surface area contributed by atoms with Crippen molar-refractivity contribution in [1.82, 2.24) is 4.98 Å². The number of halogens is 3. The molecule has 0 aliphatic heterocycles. The van der Waals surface area contributed by atoms with E-state index in [0.29, 0.717) is 0 Å². The number of rotatable bonds is 2. The lowest BCUT2D eigenvalue weighted by molar-refractivity contribution is -0.275.